The van der Waals surface area contributed by atoms with Gasteiger partial charge in [-0.1, -0.05) is 45.4 Å². The van der Waals surface area contributed by atoms with Crippen LogP contribution in [0.15, 0.2) is 33.9 Å². The van der Waals surface area contributed by atoms with Crippen LogP contribution in [-0.4, -0.2) is 34.6 Å². The number of hydrogen-bond donors (Lipinski definition) is 2. The average molecular weight is 428 g/mol. The van der Waals surface area contributed by atoms with Gasteiger partial charge in [0.25, 0.3) is 5.56 Å². The molecule has 0 bridgehead atoms. The Hall–Kier alpha value is -3.03. The van der Waals surface area contributed by atoms with Gasteiger partial charge >= 0.3 is 5.69 Å². The highest BCUT2D eigenvalue weighted by Gasteiger charge is 2.31. The van der Waals surface area contributed by atoms with Crippen molar-refractivity contribution in [1.29, 1.82) is 0 Å². The van der Waals surface area contributed by atoms with Gasteiger partial charge in [0.15, 0.2) is 5.69 Å². The van der Waals surface area contributed by atoms with E-state index in [0.29, 0.717) is 13.1 Å². The van der Waals surface area contributed by atoms with Crippen LogP contribution in [0, 0.1) is 5.92 Å². The van der Waals surface area contributed by atoms with E-state index in [-0.39, 0.29) is 35.9 Å². The van der Waals surface area contributed by atoms with Crippen molar-refractivity contribution < 1.29 is 4.79 Å². The SMILES string of the molecule is CCCCN(C(=O)CN1c2ccccc2CC1C)c1c(N)n(CC(C)C)c(=O)[nH]c1=O. The Morgan fingerprint density at radius 3 is 2.68 bits per heavy atom. The Bertz CT molecular complexity index is 1060. The van der Waals surface area contributed by atoms with E-state index in [1.54, 1.807) is 0 Å². The lowest BCUT2D eigenvalue weighted by Gasteiger charge is -2.29. The third-order valence-corrected chi connectivity index (χ3v) is 5.72. The first-order valence-corrected chi connectivity index (χ1v) is 11.0. The quantitative estimate of drug-likeness (QED) is 0.673. The Kier molecular flexibility index (Phi) is 6.87. The summed E-state index contributed by atoms with van der Waals surface area (Å²) in [5.41, 5.74) is 7.45. The monoisotopic (exact) mass is 427 g/mol. The van der Waals surface area contributed by atoms with E-state index in [1.807, 2.05) is 39.0 Å². The van der Waals surface area contributed by atoms with E-state index >= 15 is 0 Å². The zero-order valence-electron chi connectivity index (χ0n) is 18.9. The Labute approximate surface area is 182 Å². The number of aromatic amines is 1. The molecule has 1 unspecified atom stereocenters. The third kappa shape index (κ3) is 4.68. The van der Waals surface area contributed by atoms with Crippen molar-refractivity contribution in [3.63, 3.8) is 0 Å². The standard InChI is InChI=1S/C23H33N5O3/c1-5-6-11-26(20-21(24)28(13-15(2)3)23(31)25-22(20)30)19(29)14-27-16(4)12-17-9-7-8-10-18(17)27/h7-10,15-16H,5-6,11-14,24H2,1-4H3,(H,25,30,31). The molecule has 1 aliphatic heterocycles. The molecule has 2 heterocycles. The summed E-state index contributed by atoms with van der Waals surface area (Å²) < 4.78 is 1.35. The molecule has 0 spiro atoms. The van der Waals surface area contributed by atoms with Crippen LogP contribution in [0.3, 0.4) is 0 Å². The number of carbonyl (C=O) groups excluding carboxylic acids is 1. The second-order valence-corrected chi connectivity index (χ2v) is 8.71. The summed E-state index contributed by atoms with van der Waals surface area (Å²) in [5.74, 6) is -0.00813. The van der Waals surface area contributed by atoms with Crippen LogP contribution in [0.4, 0.5) is 17.2 Å². The average Bonchev–Trinajstić information content (AvgIpc) is 3.02. The van der Waals surface area contributed by atoms with Gasteiger partial charge in [0.2, 0.25) is 5.91 Å². The first-order chi connectivity index (χ1) is 14.7. The first-order valence-electron chi connectivity index (χ1n) is 11.0. The highest BCUT2D eigenvalue weighted by Crippen LogP contribution is 2.32. The molecule has 31 heavy (non-hydrogen) atoms. The largest absolute Gasteiger partial charge is 0.383 e. The van der Waals surface area contributed by atoms with Crippen molar-refractivity contribution in [2.75, 3.05) is 28.6 Å². The molecule has 0 fully saturated rings. The molecule has 1 aliphatic rings. The number of nitrogens with two attached hydrogens (primary N) is 1. The van der Waals surface area contributed by atoms with Gasteiger partial charge in [-0.15, -0.1) is 0 Å². The van der Waals surface area contributed by atoms with Gasteiger partial charge in [-0.05, 0) is 37.3 Å². The number of nitrogens with zero attached hydrogens (tertiary/aromatic N) is 3. The molecule has 168 valence electrons. The van der Waals surface area contributed by atoms with Gasteiger partial charge in [0, 0.05) is 24.8 Å². The second kappa shape index (κ2) is 9.41. The van der Waals surface area contributed by atoms with Crippen LogP contribution < -0.4 is 26.8 Å². The summed E-state index contributed by atoms with van der Waals surface area (Å²) in [6.45, 7) is 8.91. The molecule has 1 aromatic heterocycles. The molecule has 0 aliphatic carbocycles. The van der Waals surface area contributed by atoms with E-state index in [0.717, 1.165) is 24.9 Å². The highest BCUT2D eigenvalue weighted by atomic mass is 16.2. The van der Waals surface area contributed by atoms with Crippen molar-refractivity contribution >= 4 is 23.1 Å². The van der Waals surface area contributed by atoms with Crippen molar-refractivity contribution in [3.8, 4) is 0 Å². The lowest BCUT2D eigenvalue weighted by Crippen LogP contribution is -2.47. The van der Waals surface area contributed by atoms with Crippen LogP contribution in [-0.2, 0) is 17.8 Å². The van der Waals surface area contributed by atoms with E-state index in [9.17, 15) is 14.4 Å². The van der Waals surface area contributed by atoms with Crippen LogP contribution >= 0.6 is 0 Å². The Morgan fingerprint density at radius 1 is 1.29 bits per heavy atom. The molecular weight excluding hydrogens is 394 g/mol. The van der Waals surface area contributed by atoms with Crippen molar-refractivity contribution in [2.24, 2.45) is 5.92 Å². The first kappa shape index (κ1) is 22.7. The molecule has 0 saturated heterocycles. The molecule has 3 rings (SSSR count). The Morgan fingerprint density at radius 2 is 2.00 bits per heavy atom. The van der Waals surface area contributed by atoms with Crippen molar-refractivity contribution in [1.82, 2.24) is 9.55 Å². The molecule has 0 radical (unpaired) electrons. The smallest absolute Gasteiger partial charge is 0.330 e. The summed E-state index contributed by atoms with van der Waals surface area (Å²) in [5, 5.41) is 0. The number of fused-ring (bicyclic) bond motifs is 1. The van der Waals surface area contributed by atoms with E-state index in [1.165, 1.54) is 15.0 Å². The van der Waals surface area contributed by atoms with Gasteiger partial charge < -0.3 is 15.5 Å². The molecule has 1 amide bonds. The van der Waals surface area contributed by atoms with Gasteiger partial charge in [-0.2, -0.15) is 0 Å². The van der Waals surface area contributed by atoms with Gasteiger partial charge in [0.05, 0.1) is 6.54 Å². The topological polar surface area (TPSA) is 104 Å². The summed E-state index contributed by atoms with van der Waals surface area (Å²) in [6.07, 6.45) is 2.46. The normalized spacial score (nSPS) is 15.4. The molecule has 0 saturated carbocycles. The second-order valence-electron chi connectivity index (χ2n) is 8.71. The number of unbranched alkanes of at least 4 members (excludes halogenated alkanes) is 1. The predicted octanol–water partition coefficient (Wildman–Crippen LogP) is 2.36. The van der Waals surface area contributed by atoms with Crippen molar-refractivity contribution in [2.45, 2.75) is 59.5 Å². The lowest BCUT2D eigenvalue weighted by molar-refractivity contribution is -0.117. The van der Waals surface area contributed by atoms with Gasteiger partial charge in [-0.25, -0.2) is 4.79 Å². The van der Waals surface area contributed by atoms with Crippen LogP contribution in [0.2, 0.25) is 0 Å². The number of H-pyrrole nitrogens is 1. The number of nitrogen functional groups attached to an aromatic ring is 1. The minimum Gasteiger partial charge on any atom is -0.383 e. The van der Waals surface area contributed by atoms with E-state index in [4.69, 9.17) is 5.73 Å². The number of anilines is 3. The predicted molar refractivity (Wildman–Crippen MR) is 125 cm³/mol. The summed E-state index contributed by atoms with van der Waals surface area (Å²) in [4.78, 5) is 44.4. The number of rotatable bonds is 8. The third-order valence-electron chi connectivity index (χ3n) is 5.72. The highest BCUT2D eigenvalue weighted by molar-refractivity contribution is 5.98. The number of carbonyl (C=O) groups is 1. The van der Waals surface area contributed by atoms with Gasteiger partial charge in [0.1, 0.15) is 5.82 Å². The van der Waals surface area contributed by atoms with Crippen molar-refractivity contribution in [3.05, 3.63) is 50.7 Å². The fourth-order valence-corrected chi connectivity index (χ4v) is 4.16. The number of amides is 1. The Balaban J connectivity index is 1.98. The maximum Gasteiger partial charge on any atom is 0.330 e. The van der Waals surface area contributed by atoms with Gasteiger partial charge in [-0.3, -0.25) is 19.1 Å². The summed E-state index contributed by atoms with van der Waals surface area (Å²) in [6, 6.07) is 8.25. The van der Waals surface area contributed by atoms with E-state index in [2.05, 4.69) is 22.9 Å². The number of hydrogen-bond acceptors (Lipinski definition) is 5. The molecule has 2 aromatic rings. The fourth-order valence-electron chi connectivity index (χ4n) is 4.16. The zero-order valence-corrected chi connectivity index (χ0v) is 18.9. The molecule has 1 aromatic carbocycles. The number of aromatic nitrogens is 2. The number of para-hydroxylation sites is 1. The zero-order chi connectivity index (χ0) is 22.7. The molecule has 1 atom stereocenters. The molecule has 8 heteroatoms. The van der Waals surface area contributed by atoms with E-state index < -0.39 is 11.2 Å². The minimum absolute atomic E-state index is 0.0433. The van der Waals surface area contributed by atoms with Crippen LogP contribution in [0.5, 0.6) is 0 Å². The van der Waals surface area contributed by atoms with Crippen LogP contribution in [0.1, 0.15) is 46.1 Å². The maximum atomic E-state index is 13.5. The molecule has 8 nitrogen and oxygen atoms in total. The lowest BCUT2D eigenvalue weighted by atomic mass is 10.1. The summed E-state index contributed by atoms with van der Waals surface area (Å²) in [7, 11) is 0. The molecular formula is C23H33N5O3. The minimum atomic E-state index is -0.623. The summed E-state index contributed by atoms with van der Waals surface area (Å²) >= 11 is 0. The number of benzene rings is 1. The fraction of sp³-hybridized carbons (Fsp3) is 0.522. The van der Waals surface area contributed by atoms with Crippen LogP contribution in [0.25, 0.3) is 0 Å². The number of nitrogens with one attached hydrogen (secondary N) is 1. The maximum absolute atomic E-state index is 13.5. The molecule has 3 N–H and O–H groups in total.